The third-order valence-electron chi connectivity index (χ3n) is 4.73. The fraction of sp³-hybridized carbons (Fsp3) is 0.273. The number of methoxy groups -OCH3 is 2. The standard InChI is InChI=1S/C22H23NO6/c1-14-10-18(15(2)23(14)12-17-6-5-9-28-17)22(25)29-13-19(24)16-7-8-20(26-3)21(11-16)27-4/h5-11H,12-13H2,1-4H3. The molecule has 0 saturated heterocycles. The minimum Gasteiger partial charge on any atom is -0.493 e. The second-order valence-corrected chi connectivity index (χ2v) is 6.52. The highest BCUT2D eigenvalue weighted by molar-refractivity contribution is 6.00. The van der Waals surface area contributed by atoms with E-state index in [-0.39, 0.29) is 12.4 Å². The van der Waals surface area contributed by atoms with E-state index in [2.05, 4.69) is 0 Å². The maximum absolute atomic E-state index is 12.5. The Morgan fingerprint density at radius 1 is 1.03 bits per heavy atom. The largest absolute Gasteiger partial charge is 0.493 e. The monoisotopic (exact) mass is 397 g/mol. The van der Waals surface area contributed by atoms with Crippen LogP contribution in [-0.2, 0) is 11.3 Å². The predicted molar refractivity (Wildman–Crippen MR) is 106 cm³/mol. The van der Waals surface area contributed by atoms with E-state index < -0.39 is 5.97 Å². The van der Waals surface area contributed by atoms with Crippen molar-refractivity contribution in [2.75, 3.05) is 20.8 Å². The SMILES string of the molecule is COc1ccc(C(=O)COC(=O)c2cc(C)n(Cc3ccco3)c2C)cc1OC. The lowest BCUT2D eigenvalue weighted by Crippen LogP contribution is -2.15. The Balaban J connectivity index is 1.69. The van der Waals surface area contributed by atoms with Crippen LogP contribution in [0.15, 0.2) is 47.1 Å². The second kappa shape index (κ2) is 8.68. The van der Waals surface area contributed by atoms with Crippen molar-refractivity contribution in [1.29, 1.82) is 0 Å². The van der Waals surface area contributed by atoms with Gasteiger partial charge >= 0.3 is 5.97 Å². The number of carbonyl (C=O) groups excluding carboxylic acids is 2. The summed E-state index contributed by atoms with van der Waals surface area (Å²) in [6.45, 7) is 3.89. The van der Waals surface area contributed by atoms with Crippen molar-refractivity contribution in [3.63, 3.8) is 0 Å². The Bertz CT molecular complexity index is 1020. The van der Waals surface area contributed by atoms with Crippen LogP contribution in [0.25, 0.3) is 0 Å². The van der Waals surface area contributed by atoms with Crippen molar-refractivity contribution in [2.24, 2.45) is 0 Å². The average molecular weight is 397 g/mol. The Labute approximate surface area is 168 Å². The average Bonchev–Trinajstić information content (AvgIpc) is 3.35. The van der Waals surface area contributed by atoms with Crippen LogP contribution in [0.2, 0.25) is 0 Å². The normalized spacial score (nSPS) is 10.6. The Kier molecular flexibility index (Phi) is 6.07. The van der Waals surface area contributed by atoms with Crippen molar-refractivity contribution in [3.8, 4) is 11.5 Å². The molecule has 29 heavy (non-hydrogen) atoms. The van der Waals surface area contributed by atoms with Crippen molar-refractivity contribution >= 4 is 11.8 Å². The van der Waals surface area contributed by atoms with Gasteiger partial charge in [-0.25, -0.2) is 4.79 Å². The summed E-state index contributed by atoms with van der Waals surface area (Å²) in [5.41, 5.74) is 2.45. The van der Waals surface area contributed by atoms with Crippen LogP contribution in [0.4, 0.5) is 0 Å². The number of ether oxygens (including phenoxy) is 3. The lowest BCUT2D eigenvalue weighted by atomic mass is 10.1. The zero-order valence-electron chi connectivity index (χ0n) is 16.9. The molecule has 3 aromatic rings. The van der Waals surface area contributed by atoms with Crippen molar-refractivity contribution < 1.29 is 28.2 Å². The van der Waals surface area contributed by atoms with Crippen LogP contribution in [0.3, 0.4) is 0 Å². The first-order chi connectivity index (χ1) is 13.9. The van der Waals surface area contributed by atoms with Crippen molar-refractivity contribution in [1.82, 2.24) is 4.57 Å². The molecule has 0 aliphatic rings. The van der Waals surface area contributed by atoms with E-state index in [1.165, 1.54) is 14.2 Å². The Morgan fingerprint density at radius 2 is 1.79 bits per heavy atom. The number of hydrogen-bond donors (Lipinski definition) is 0. The molecule has 0 radical (unpaired) electrons. The van der Waals surface area contributed by atoms with E-state index in [9.17, 15) is 9.59 Å². The van der Waals surface area contributed by atoms with Gasteiger partial charge in [0.05, 0.1) is 32.6 Å². The number of furan rings is 1. The van der Waals surface area contributed by atoms with Crippen LogP contribution in [0.5, 0.6) is 11.5 Å². The van der Waals surface area contributed by atoms with Gasteiger partial charge in [-0.2, -0.15) is 0 Å². The van der Waals surface area contributed by atoms with E-state index in [0.29, 0.717) is 29.2 Å². The van der Waals surface area contributed by atoms with Gasteiger partial charge in [0, 0.05) is 17.0 Å². The number of hydrogen-bond acceptors (Lipinski definition) is 6. The number of aromatic nitrogens is 1. The molecular formula is C22H23NO6. The number of Topliss-reactive ketones (excluding diaryl/α,β-unsaturated/α-hetero) is 1. The Morgan fingerprint density at radius 3 is 2.45 bits per heavy atom. The number of aryl methyl sites for hydroxylation is 1. The molecule has 0 aliphatic carbocycles. The highest BCUT2D eigenvalue weighted by Crippen LogP contribution is 2.27. The van der Waals surface area contributed by atoms with Gasteiger partial charge in [-0.15, -0.1) is 0 Å². The van der Waals surface area contributed by atoms with Gasteiger partial charge in [-0.3, -0.25) is 4.79 Å². The topological polar surface area (TPSA) is 79.9 Å². The Hall–Kier alpha value is -3.48. The maximum Gasteiger partial charge on any atom is 0.340 e. The number of carbonyl (C=O) groups is 2. The molecule has 152 valence electrons. The van der Waals surface area contributed by atoms with Crippen molar-refractivity contribution in [3.05, 3.63) is 70.9 Å². The van der Waals surface area contributed by atoms with Crippen LogP contribution in [0.1, 0.15) is 37.9 Å². The van der Waals surface area contributed by atoms with Gasteiger partial charge in [0.15, 0.2) is 23.9 Å². The summed E-state index contributed by atoms with van der Waals surface area (Å²) in [6, 6.07) is 10.2. The van der Waals surface area contributed by atoms with E-state index in [4.69, 9.17) is 18.6 Å². The summed E-state index contributed by atoms with van der Waals surface area (Å²) >= 11 is 0. The summed E-state index contributed by atoms with van der Waals surface area (Å²) < 4.78 is 23.0. The highest BCUT2D eigenvalue weighted by Gasteiger charge is 2.19. The van der Waals surface area contributed by atoms with E-state index >= 15 is 0 Å². The van der Waals surface area contributed by atoms with E-state index in [1.54, 1.807) is 30.5 Å². The minimum atomic E-state index is -0.544. The molecular weight excluding hydrogens is 374 g/mol. The smallest absolute Gasteiger partial charge is 0.340 e. The van der Waals surface area contributed by atoms with Gasteiger partial charge in [0.1, 0.15) is 5.76 Å². The number of esters is 1. The molecule has 7 nitrogen and oxygen atoms in total. The predicted octanol–water partition coefficient (Wildman–Crippen LogP) is 3.80. The second-order valence-electron chi connectivity index (χ2n) is 6.52. The van der Waals surface area contributed by atoms with Gasteiger partial charge in [-0.1, -0.05) is 0 Å². The maximum atomic E-state index is 12.5. The first-order valence-corrected chi connectivity index (χ1v) is 9.06. The zero-order chi connectivity index (χ0) is 21.0. The molecule has 2 aromatic heterocycles. The van der Waals surface area contributed by atoms with Gasteiger partial charge in [0.25, 0.3) is 0 Å². The molecule has 0 spiro atoms. The summed E-state index contributed by atoms with van der Waals surface area (Å²) in [5, 5.41) is 0. The quantitative estimate of drug-likeness (QED) is 0.425. The molecule has 3 rings (SSSR count). The van der Waals surface area contributed by atoms with Crippen LogP contribution in [0, 0.1) is 13.8 Å². The van der Waals surface area contributed by atoms with Crippen LogP contribution < -0.4 is 9.47 Å². The lowest BCUT2D eigenvalue weighted by molar-refractivity contribution is 0.0474. The minimum absolute atomic E-state index is 0.330. The third kappa shape index (κ3) is 4.34. The number of nitrogens with zero attached hydrogens (tertiary/aromatic N) is 1. The fourth-order valence-corrected chi connectivity index (χ4v) is 3.11. The summed E-state index contributed by atoms with van der Waals surface area (Å²) in [5.74, 6) is 0.868. The molecule has 0 aliphatic heterocycles. The molecule has 0 unspecified atom stereocenters. The molecule has 1 aromatic carbocycles. The fourth-order valence-electron chi connectivity index (χ4n) is 3.11. The summed E-state index contributed by atoms with van der Waals surface area (Å²) in [7, 11) is 3.01. The van der Waals surface area contributed by atoms with E-state index in [0.717, 1.165) is 17.1 Å². The van der Waals surface area contributed by atoms with Gasteiger partial charge in [-0.05, 0) is 50.2 Å². The molecule has 0 fully saturated rings. The molecule has 0 amide bonds. The molecule has 7 heteroatoms. The number of rotatable bonds is 8. The molecule has 2 heterocycles. The van der Waals surface area contributed by atoms with Gasteiger partial charge in [0.2, 0.25) is 0 Å². The molecule has 0 atom stereocenters. The zero-order valence-corrected chi connectivity index (χ0v) is 16.9. The first-order valence-electron chi connectivity index (χ1n) is 9.06. The first kappa shape index (κ1) is 20.3. The number of benzene rings is 1. The summed E-state index contributed by atoms with van der Waals surface area (Å²) in [6.07, 6.45) is 1.61. The molecule has 0 bridgehead atoms. The lowest BCUT2D eigenvalue weighted by Gasteiger charge is -2.10. The van der Waals surface area contributed by atoms with Gasteiger partial charge < -0.3 is 23.2 Å². The van der Waals surface area contributed by atoms with Crippen LogP contribution >= 0.6 is 0 Å². The molecule has 0 N–H and O–H groups in total. The van der Waals surface area contributed by atoms with E-state index in [1.807, 2.05) is 30.5 Å². The van der Waals surface area contributed by atoms with Crippen LogP contribution in [-0.4, -0.2) is 37.1 Å². The number of ketones is 1. The molecule has 0 saturated carbocycles. The highest BCUT2D eigenvalue weighted by atomic mass is 16.5. The summed E-state index contributed by atoms with van der Waals surface area (Å²) in [4.78, 5) is 25.0. The van der Waals surface area contributed by atoms with Crippen molar-refractivity contribution in [2.45, 2.75) is 20.4 Å². The third-order valence-corrected chi connectivity index (χ3v) is 4.73.